The number of nitro benzene ring substituents is 1. The Labute approximate surface area is 132 Å². The summed E-state index contributed by atoms with van der Waals surface area (Å²) in [7, 11) is 0. The molecule has 3 rings (SSSR count). The van der Waals surface area contributed by atoms with Crippen molar-refractivity contribution in [1.29, 1.82) is 5.26 Å². The Kier molecular flexibility index (Phi) is 3.97. The van der Waals surface area contributed by atoms with E-state index in [1.165, 1.54) is 18.2 Å². The lowest BCUT2D eigenvalue weighted by Gasteiger charge is -2.26. The van der Waals surface area contributed by atoms with Gasteiger partial charge in [-0.25, -0.2) is 0 Å². The van der Waals surface area contributed by atoms with Crippen molar-refractivity contribution in [3.05, 3.63) is 58.1 Å². The van der Waals surface area contributed by atoms with Crippen LogP contribution in [0.1, 0.15) is 5.56 Å². The maximum atomic E-state index is 10.7. The number of fused-ring (bicyclic) bond motifs is 1. The highest BCUT2D eigenvalue weighted by Gasteiger charge is 2.21. The zero-order valence-corrected chi connectivity index (χ0v) is 12.1. The molecule has 0 spiro atoms. The molecule has 1 atom stereocenters. The quantitative estimate of drug-likeness (QED) is 0.688. The topological polar surface area (TPSA) is 97.4 Å². The molecule has 0 aliphatic carbocycles. The molecule has 1 aliphatic heterocycles. The molecule has 0 bridgehead atoms. The second-order valence-corrected chi connectivity index (χ2v) is 4.98. The van der Waals surface area contributed by atoms with Gasteiger partial charge in [-0.05, 0) is 18.2 Å². The number of ether oxygens (including phenoxy) is 2. The monoisotopic (exact) mass is 311 g/mol. The standard InChI is InChI=1S/C16H13N3O4/c17-8-11-7-12(19(20)21)5-6-14(11)18-9-13-10-22-15-3-1-2-4-16(15)23-13/h1-7,13,18H,9-10H2/t13-/m1/s1. The maximum absolute atomic E-state index is 10.7. The fourth-order valence-electron chi connectivity index (χ4n) is 2.28. The van der Waals surface area contributed by atoms with Crippen LogP contribution in [-0.4, -0.2) is 24.2 Å². The first-order valence-electron chi connectivity index (χ1n) is 6.98. The number of anilines is 1. The van der Waals surface area contributed by atoms with E-state index < -0.39 is 4.92 Å². The number of hydrogen-bond donors (Lipinski definition) is 1. The van der Waals surface area contributed by atoms with Gasteiger partial charge < -0.3 is 14.8 Å². The van der Waals surface area contributed by atoms with Gasteiger partial charge in [-0.2, -0.15) is 5.26 Å². The summed E-state index contributed by atoms with van der Waals surface area (Å²) < 4.78 is 11.4. The largest absolute Gasteiger partial charge is 0.486 e. The number of nitro groups is 1. The van der Waals surface area contributed by atoms with Crippen molar-refractivity contribution in [3.63, 3.8) is 0 Å². The van der Waals surface area contributed by atoms with Crippen LogP contribution in [-0.2, 0) is 0 Å². The van der Waals surface area contributed by atoms with Gasteiger partial charge in [0, 0.05) is 12.1 Å². The summed E-state index contributed by atoms with van der Waals surface area (Å²) in [5, 5.41) is 22.9. The van der Waals surface area contributed by atoms with Crippen molar-refractivity contribution in [3.8, 4) is 17.6 Å². The van der Waals surface area contributed by atoms with Crippen molar-refractivity contribution >= 4 is 11.4 Å². The van der Waals surface area contributed by atoms with Crippen molar-refractivity contribution < 1.29 is 14.4 Å². The highest BCUT2D eigenvalue weighted by molar-refractivity contribution is 5.61. The van der Waals surface area contributed by atoms with Gasteiger partial charge >= 0.3 is 0 Å². The van der Waals surface area contributed by atoms with E-state index >= 15 is 0 Å². The highest BCUT2D eigenvalue weighted by atomic mass is 16.6. The van der Waals surface area contributed by atoms with E-state index in [0.717, 1.165) is 0 Å². The van der Waals surface area contributed by atoms with Gasteiger partial charge in [-0.3, -0.25) is 10.1 Å². The lowest BCUT2D eigenvalue weighted by atomic mass is 10.1. The highest BCUT2D eigenvalue weighted by Crippen LogP contribution is 2.31. The summed E-state index contributed by atoms with van der Waals surface area (Å²) in [6.45, 7) is 0.805. The molecule has 2 aromatic carbocycles. The molecule has 2 aromatic rings. The molecule has 0 amide bonds. The fourth-order valence-corrected chi connectivity index (χ4v) is 2.28. The molecule has 7 heteroatoms. The lowest BCUT2D eigenvalue weighted by Crippen LogP contribution is -2.35. The average molecular weight is 311 g/mol. The molecule has 7 nitrogen and oxygen atoms in total. The van der Waals surface area contributed by atoms with E-state index in [0.29, 0.717) is 30.3 Å². The van der Waals surface area contributed by atoms with Crippen LogP contribution in [0.3, 0.4) is 0 Å². The minimum absolute atomic E-state index is 0.113. The Balaban J connectivity index is 1.68. The molecule has 1 heterocycles. The molecule has 116 valence electrons. The molecule has 1 aliphatic rings. The van der Waals surface area contributed by atoms with Gasteiger partial charge in [-0.15, -0.1) is 0 Å². The Bertz CT molecular complexity index is 785. The van der Waals surface area contributed by atoms with E-state index in [2.05, 4.69) is 5.32 Å². The first-order chi connectivity index (χ1) is 11.2. The second-order valence-electron chi connectivity index (χ2n) is 4.98. The van der Waals surface area contributed by atoms with Gasteiger partial charge in [0.25, 0.3) is 5.69 Å². The molecule has 0 radical (unpaired) electrons. The van der Waals surface area contributed by atoms with Crippen LogP contribution in [0.2, 0.25) is 0 Å². The Morgan fingerprint density at radius 1 is 1.30 bits per heavy atom. The van der Waals surface area contributed by atoms with Gasteiger partial charge in [0.1, 0.15) is 18.8 Å². The Hall–Kier alpha value is -3.27. The minimum Gasteiger partial charge on any atom is -0.486 e. The predicted molar refractivity (Wildman–Crippen MR) is 82.7 cm³/mol. The van der Waals surface area contributed by atoms with Gasteiger partial charge in [-0.1, -0.05) is 12.1 Å². The SMILES string of the molecule is N#Cc1cc([N+](=O)[O-])ccc1NC[C@@H]1COc2ccccc2O1. The number of nitrogens with zero attached hydrogens (tertiary/aromatic N) is 2. The zero-order valence-electron chi connectivity index (χ0n) is 12.1. The second kappa shape index (κ2) is 6.23. The number of benzene rings is 2. The third-order valence-corrected chi connectivity index (χ3v) is 3.42. The number of hydrogen-bond acceptors (Lipinski definition) is 6. The predicted octanol–water partition coefficient (Wildman–Crippen LogP) is 2.72. The number of rotatable bonds is 4. The van der Waals surface area contributed by atoms with E-state index in [9.17, 15) is 10.1 Å². The zero-order chi connectivity index (χ0) is 16.2. The summed E-state index contributed by atoms with van der Waals surface area (Å²) in [5.41, 5.74) is 0.634. The van der Waals surface area contributed by atoms with E-state index in [1.807, 2.05) is 30.3 Å². The van der Waals surface area contributed by atoms with Crippen molar-refractivity contribution in [2.24, 2.45) is 0 Å². The molecular weight excluding hydrogens is 298 g/mol. The summed E-state index contributed by atoms with van der Waals surface area (Å²) in [4.78, 5) is 10.2. The van der Waals surface area contributed by atoms with E-state index in [-0.39, 0.29) is 17.4 Å². The maximum Gasteiger partial charge on any atom is 0.270 e. The number of nitriles is 1. The third-order valence-electron chi connectivity index (χ3n) is 3.42. The summed E-state index contributed by atoms with van der Waals surface area (Å²) in [6, 6.07) is 13.5. The van der Waals surface area contributed by atoms with Crippen molar-refractivity contribution in [2.45, 2.75) is 6.10 Å². The Morgan fingerprint density at radius 2 is 2.09 bits per heavy atom. The lowest BCUT2D eigenvalue weighted by molar-refractivity contribution is -0.384. The molecule has 0 aromatic heterocycles. The first-order valence-corrected chi connectivity index (χ1v) is 6.98. The minimum atomic E-state index is -0.528. The molecule has 0 fully saturated rings. The van der Waals surface area contributed by atoms with Crippen LogP contribution in [0.5, 0.6) is 11.5 Å². The normalized spacial score (nSPS) is 15.5. The average Bonchev–Trinajstić information content (AvgIpc) is 2.59. The fraction of sp³-hybridized carbons (Fsp3) is 0.188. The molecule has 0 unspecified atom stereocenters. The number of nitrogens with one attached hydrogen (secondary N) is 1. The van der Waals surface area contributed by atoms with Crippen LogP contribution in [0.15, 0.2) is 42.5 Å². The van der Waals surface area contributed by atoms with Crippen molar-refractivity contribution in [2.75, 3.05) is 18.5 Å². The smallest absolute Gasteiger partial charge is 0.270 e. The molecule has 0 saturated carbocycles. The van der Waals surface area contributed by atoms with Gasteiger partial charge in [0.05, 0.1) is 22.7 Å². The molecule has 1 N–H and O–H groups in total. The number of para-hydroxylation sites is 2. The van der Waals surface area contributed by atoms with Gasteiger partial charge in [0.15, 0.2) is 11.5 Å². The van der Waals surface area contributed by atoms with Crippen LogP contribution in [0, 0.1) is 21.4 Å². The van der Waals surface area contributed by atoms with Crippen LogP contribution in [0.25, 0.3) is 0 Å². The van der Waals surface area contributed by atoms with Crippen LogP contribution < -0.4 is 14.8 Å². The third kappa shape index (κ3) is 3.16. The number of non-ortho nitro benzene ring substituents is 1. The first kappa shape index (κ1) is 14.7. The molecule has 0 saturated heterocycles. The summed E-state index contributed by atoms with van der Waals surface area (Å²) in [5.74, 6) is 1.38. The Morgan fingerprint density at radius 3 is 2.83 bits per heavy atom. The van der Waals surface area contributed by atoms with Crippen LogP contribution >= 0.6 is 0 Å². The van der Waals surface area contributed by atoms with Gasteiger partial charge in [0.2, 0.25) is 0 Å². The summed E-state index contributed by atoms with van der Waals surface area (Å²) in [6.07, 6.45) is -0.216. The van der Waals surface area contributed by atoms with Crippen LogP contribution in [0.4, 0.5) is 11.4 Å². The van der Waals surface area contributed by atoms with E-state index in [4.69, 9.17) is 14.7 Å². The molecule has 23 heavy (non-hydrogen) atoms. The van der Waals surface area contributed by atoms with E-state index in [1.54, 1.807) is 0 Å². The summed E-state index contributed by atoms with van der Waals surface area (Å²) >= 11 is 0. The molecular formula is C16H13N3O4. The van der Waals surface area contributed by atoms with Crippen molar-refractivity contribution in [1.82, 2.24) is 0 Å².